The molecule has 0 aliphatic rings. The summed E-state index contributed by atoms with van der Waals surface area (Å²) in [6.07, 6.45) is 1.65. The van der Waals surface area contributed by atoms with Gasteiger partial charge in [0.1, 0.15) is 12.4 Å². The second-order valence-electron chi connectivity index (χ2n) is 5.58. The number of nitrogens with zero attached hydrogens (tertiary/aromatic N) is 1. The van der Waals surface area contributed by atoms with Crippen LogP contribution in [0, 0.1) is 0 Å². The van der Waals surface area contributed by atoms with E-state index >= 15 is 0 Å². The molecule has 1 N–H and O–H groups in total. The number of carbonyl (C=O) groups is 1. The molecule has 0 unspecified atom stereocenters. The molecule has 0 bridgehead atoms. The zero-order valence-electron chi connectivity index (χ0n) is 14.0. The lowest BCUT2D eigenvalue weighted by atomic mass is 10.2. The van der Waals surface area contributed by atoms with Crippen LogP contribution in [0.2, 0.25) is 0 Å². The number of nitrogens with one attached hydrogen (secondary N) is 1. The third kappa shape index (κ3) is 4.95. The average molecular weight is 345 g/mol. The third-order valence-corrected chi connectivity index (χ3v) is 3.63. The van der Waals surface area contributed by atoms with E-state index in [1.165, 1.54) is 12.1 Å². The molecule has 0 spiro atoms. The SMILES string of the molecule is O=C([O-])c1cccc(N/N=C\c2ccc(OCc3ccccc3)cc2)c1. The molecule has 130 valence electrons. The van der Waals surface area contributed by atoms with E-state index in [4.69, 9.17) is 4.74 Å². The summed E-state index contributed by atoms with van der Waals surface area (Å²) >= 11 is 0. The lowest BCUT2D eigenvalue weighted by molar-refractivity contribution is -0.255. The molecule has 26 heavy (non-hydrogen) atoms. The molecule has 3 aromatic carbocycles. The summed E-state index contributed by atoms with van der Waals surface area (Å²) in [5, 5.41) is 14.9. The Labute approximate surface area is 151 Å². The summed E-state index contributed by atoms with van der Waals surface area (Å²) in [5.41, 5.74) is 5.48. The molecule has 0 atom stereocenters. The molecule has 0 heterocycles. The predicted molar refractivity (Wildman–Crippen MR) is 99.2 cm³/mol. The van der Waals surface area contributed by atoms with Gasteiger partial charge in [-0.3, -0.25) is 5.43 Å². The van der Waals surface area contributed by atoms with Crippen molar-refractivity contribution in [3.05, 3.63) is 95.6 Å². The van der Waals surface area contributed by atoms with Crippen molar-refractivity contribution in [1.82, 2.24) is 0 Å². The van der Waals surface area contributed by atoms with Crippen molar-refractivity contribution < 1.29 is 14.6 Å². The number of aromatic carboxylic acids is 1. The Kier molecular flexibility index (Phi) is 5.62. The van der Waals surface area contributed by atoms with Crippen LogP contribution in [-0.4, -0.2) is 12.2 Å². The van der Waals surface area contributed by atoms with Crippen molar-refractivity contribution in [2.45, 2.75) is 6.61 Å². The van der Waals surface area contributed by atoms with Crippen molar-refractivity contribution in [1.29, 1.82) is 0 Å². The highest BCUT2D eigenvalue weighted by molar-refractivity contribution is 5.87. The average Bonchev–Trinajstić information content (AvgIpc) is 2.68. The second kappa shape index (κ2) is 8.48. The summed E-state index contributed by atoms with van der Waals surface area (Å²) < 4.78 is 5.73. The number of carboxylic acid groups (broad SMARTS) is 1. The van der Waals surface area contributed by atoms with Gasteiger partial charge in [-0.05, 0) is 53.1 Å². The van der Waals surface area contributed by atoms with Crippen LogP contribution in [0.15, 0.2) is 84.0 Å². The van der Waals surface area contributed by atoms with Crippen LogP contribution in [0.25, 0.3) is 0 Å². The number of hydrogen-bond donors (Lipinski definition) is 1. The molecule has 3 rings (SSSR count). The number of ether oxygens (including phenoxy) is 1. The maximum Gasteiger partial charge on any atom is 0.119 e. The topological polar surface area (TPSA) is 73.8 Å². The minimum absolute atomic E-state index is 0.102. The number of hydrogen-bond acceptors (Lipinski definition) is 5. The van der Waals surface area contributed by atoms with Gasteiger partial charge in [-0.25, -0.2) is 0 Å². The van der Waals surface area contributed by atoms with Crippen molar-refractivity contribution in [2.24, 2.45) is 5.10 Å². The van der Waals surface area contributed by atoms with Crippen LogP contribution in [0.4, 0.5) is 5.69 Å². The van der Waals surface area contributed by atoms with Crippen molar-refractivity contribution in [3.8, 4) is 5.75 Å². The maximum atomic E-state index is 10.8. The van der Waals surface area contributed by atoms with Gasteiger partial charge in [0.05, 0.1) is 17.9 Å². The van der Waals surface area contributed by atoms with Gasteiger partial charge in [0.25, 0.3) is 0 Å². The predicted octanol–water partition coefficient (Wildman–Crippen LogP) is 3.08. The van der Waals surface area contributed by atoms with Crippen LogP contribution in [0.5, 0.6) is 5.75 Å². The lowest BCUT2D eigenvalue weighted by Gasteiger charge is -2.06. The first kappa shape index (κ1) is 17.2. The van der Waals surface area contributed by atoms with Crippen LogP contribution in [0.1, 0.15) is 21.5 Å². The number of benzene rings is 3. The molecule has 0 saturated heterocycles. The Morgan fingerprint density at radius 2 is 1.77 bits per heavy atom. The fourth-order valence-electron chi connectivity index (χ4n) is 2.29. The van der Waals surface area contributed by atoms with Crippen molar-refractivity contribution in [3.63, 3.8) is 0 Å². The summed E-state index contributed by atoms with van der Waals surface area (Å²) in [7, 11) is 0. The van der Waals surface area contributed by atoms with Gasteiger partial charge in [-0.1, -0.05) is 42.5 Å². The first-order valence-electron chi connectivity index (χ1n) is 8.08. The molecule has 0 saturated carbocycles. The highest BCUT2D eigenvalue weighted by atomic mass is 16.5. The quantitative estimate of drug-likeness (QED) is 0.527. The maximum absolute atomic E-state index is 10.8. The zero-order valence-corrected chi connectivity index (χ0v) is 14.0. The van der Waals surface area contributed by atoms with Crippen molar-refractivity contribution in [2.75, 3.05) is 5.43 Å². The zero-order chi connectivity index (χ0) is 18.2. The van der Waals surface area contributed by atoms with E-state index in [0.29, 0.717) is 12.3 Å². The molecule has 5 nitrogen and oxygen atoms in total. The van der Waals surface area contributed by atoms with E-state index in [-0.39, 0.29) is 5.56 Å². The molecule has 5 heteroatoms. The normalized spacial score (nSPS) is 10.6. The number of carboxylic acids is 1. The lowest BCUT2D eigenvalue weighted by Crippen LogP contribution is -2.22. The molecule has 0 aromatic heterocycles. The Hall–Kier alpha value is -3.60. The molecule has 0 aliphatic carbocycles. The number of rotatable bonds is 7. The molecular formula is C21H17N2O3-. The molecule has 0 fully saturated rings. The fourth-order valence-corrected chi connectivity index (χ4v) is 2.29. The van der Waals surface area contributed by atoms with Crippen molar-refractivity contribution >= 4 is 17.9 Å². The van der Waals surface area contributed by atoms with Gasteiger partial charge in [-0.2, -0.15) is 5.10 Å². The summed E-state index contributed by atoms with van der Waals surface area (Å²) in [5.74, 6) is -0.440. The molecular weight excluding hydrogens is 328 g/mol. The minimum Gasteiger partial charge on any atom is -0.545 e. The smallest absolute Gasteiger partial charge is 0.119 e. The van der Waals surface area contributed by atoms with E-state index in [1.807, 2.05) is 54.6 Å². The first-order chi connectivity index (χ1) is 12.7. The van der Waals surface area contributed by atoms with Gasteiger partial charge in [-0.15, -0.1) is 0 Å². The van der Waals surface area contributed by atoms with E-state index in [2.05, 4.69) is 10.5 Å². The monoisotopic (exact) mass is 345 g/mol. The second-order valence-corrected chi connectivity index (χ2v) is 5.58. The first-order valence-corrected chi connectivity index (χ1v) is 8.08. The van der Waals surface area contributed by atoms with Crippen LogP contribution < -0.4 is 15.3 Å². The summed E-state index contributed by atoms with van der Waals surface area (Å²) in [4.78, 5) is 10.8. The van der Waals surface area contributed by atoms with E-state index in [0.717, 1.165) is 16.9 Å². The van der Waals surface area contributed by atoms with Gasteiger partial charge in [0.15, 0.2) is 0 Å². The third-order valence-electron chi connectivity index (χ3n) is 3.63. The standard InChI is InChI=1S/C21H18N2O3/c24-21(25)18-7-4-8-19(13-18)23-22-14-16-9-11-20(12-10-16)26-15-17-5-2-1-3-6-17/h1-14,23H,15H2,(H,24,25)/p-1/b22-14-. The largest absolute Gasteiger partial charge is 0.545 e. The Morgan fingerprint density at radius 3 is 2.50 bits per heavy atom. The Balaban J connectivity index is 1.54. The highest BCUT2D eigenvalue weighted by Gasteiger charge is 1.97. The van der Waals surface area contributed by atoms with Crippen LogP contribution >= 0.6 is 0 Å². The van der Waals surface area contributed by atoms with E-state index in [9.17, 15) is 9.90 Å². The molecule has 0 radical (unpaired) electrons. The van der Waals surface area contributed by atoms with Gasteiger partial charge in [0.2, 0.25) is 0 Å². The Morgan fingerprint density at radius 1 is 1.00 bits per heavy atom. The van der Waals surface area contributed by atoms with Gasteiger partial charge in [0, 0.05) is 0 Å². The van der Waals surface area contributed by atoms with Crippen LogP contribution in [0.3, 0.4) is 0 Å². The summed E-state index contributed by atoms with van der Waals surface area (Å²) in [6.45, 7) is 0.518. The Bertz CT molecular complexity index is 891. The number of anilines is 1. The van der Waals surface area contributed by atoms with E-state index < -0.39 is 5.97 Å². The minimum atomic E-state index is -1.22. The van der Waals surface area contributed by atoms with E-state index in [1.54, 1.807) is 18.3 Å². The molecule has 0 aliphatic heterocycles. The number of carbonyl (C=O) groups excluding carboxylic acids is 1. The molecule has 3 aromatic rings. The fraction of sp³-hybridized carbons (Fsp3) is 0.0476. The van der Waals surface area contributed by atoms with Crippen LogP contribution in [-0.2, 0) is 6.61 Å². The highest BCUT2D eigenvalue weighted by Crippen LogP contribution is 2.14. The van der Waals surface area contributed by atoms with Gasteiger partial charge >= 0.3 is 0 Å². The summed E-state index contributed by atoms with van der Waals surface area (Å²) in [6, 6.07) is 23.8. The molecule has 0 amide bonds. The number of hydrazone groups is 1. The van der Waals surface area contributed by atoms with Gasteiger partial charge < -0.3 is 14.6 Å².